The van der Waals surface area contributed by atoms with E-state index in [0.29, 0.717) is 17.7 Å². The van der Waals surface area contributed by atoms with Crippen molar-refractivity contribution in [2.45, 2.75) is 24.4 Å². The molecule has 0 N–H and O–H groups in total. The molecule has 2 atom stereocenters. The molecule has 4 nitrogen and oxygen atoms in total. The Morgan fingerprint density at radius 3 is 2.33 bits per heavy atom. The van der Waals surface area contributed by atoms with Gasteiger partial charge < -0.3 is 4.74 Å². The third-order valence-corrected chi connectivity index (χ3v) is 3.74. The predicted octanol–water partition coefficient (Wildman–Crippen LogP) is 2.03. The number of halogens is 1. The predicted molar refractivity (Wildman–Crippen MR) is 65.6 cm³/mol. The largest absolute Gasteiger partial charge is 0.356 e. The van der Waals surface area contributed by atoms with Gasteiger partial charge >= 0.3 is 0 Å². The van der Waals surface area contributed by atoms with Crippen LogP contribution in [0, 0.1) is 0 Å². The van der Waals surface area contributed by atoms with Crippen molar-refractivity contribution in [3.63, 3.8) is 0 Å². The molecule has 2 heterocycles. The van der Waals surface area contributed by atoms with Crippen LogP contribution in [-0.2, 0) is 4.74 Å². The van der Waals surface area contributed by atoms with Crippen LogP contribution in [-0.4, -0.2) is 34.9 Å². The molecule has 1 aromatic rings. The second-order valence-electron chi connectivity index (χ2n) is 4.45. The molecule has 0 aromatic heterocycles. The molecule has 94 valence electrons. The van der Waals surface area contributed by atoms with Gasteiger partial charge in [0.2, 0.25) is 0 Å². The first-order chi connectivity index (χ1) is 8.70. The Morgan fingerprint density at radius 1 is 1.17 bits per heavy atom. The molecule has 2 unspecified atom stereocenters. The van der Waals surface area contributed by atoms with Crippen molar-refractivity contribution in [1.82, 2.24) is 4.90 Å². The summed E-state index contributed by atoms with van der Waals surface area (Å²) in [5.74, 6) is -0.624. The van der Waals surface area contributed by atoms with Gasteiger partial charge in [0.15, 0.2) is 6.23 Å². The van der Waals surface area contributed by atoms with E-state index in [2.05, 4.69) is 0 Å². The minimum Gasteiger partial charge on any atom is -0.356 e. The second-order valence-corrected chi connectivity index (χ2v) is 5.01. The third-order valence-electron chi connectivity index (χ3n) is 3.30. The maximum absolute atomic E-state index is 12.2. The van der Waals surface area contributed by atoms with Crippen LogP contribution in [0.5, 0.6) is 0 Å². The summed E-state index contributed by atoms with van der Waals surface area (Å²) in [7, 11) is 0. The Bertz CT molecular complexity index is 482. The number of ether oxygens (including phenoxy) is 1. The van der Waals surface area contributed by atoms with Crippen molar-refractivity contribution in [3.05, 3.63) is 35.4 Å². The lowest BCUT2D eigenvalue weighted by Gasteiger charge is -2.33. The summed E-state index contributed by atoms with van der Waals surface area (Å²) in [5.41, 5.74) is 0.862. The van der Waals surface area contributed by atoms with E-state index in [-0.39, 0.29) is 17.2 Å². The minimum atomic E-state index is -0.646. The maximum atomic E-state index is 12.2. The number of benzene rings is 1. The van der Waals surface area contributed by atoms with Gasteiger partial charge in [0, 0.05) is 6.61 Å². The van der Waals surface area contributed by atoms with Gasteiger partial charge in [0.05, 0.1) is 16.5 Å². The molecule has 0 aliphatic carbocycles. The van der Waals surface area contributed by atoms with E-state index in [4.69, 9.17) is 16.3 Å². The van der Waals surface area contributed by atoms with Gasteiger partial charge in [-0.25, -0.2) is 4.90 Å². The molecule has 3 rings (SSSR count). The van der Waals surface area contributed by atoms with Crippen LogP contribution < -0.4 is 0 Å². The highest BCUT2D eigenvalue weighted by molar-refractivity contribution is 6.24. The highest BCUT2D eigenvalue weighted by Crippen LogP contribution is 2.30. The smallest absolute Gasteiger partial charge is 0.263 e. The van der Waals surface area contributed by atoms with Crippen LogP contribution in [0.2, 0.25) is 0 Å². The number of rotatable bonds is 1. The standard InChI is InChI=1S/C13H12ClNO3/c14-10-6-3-7-18-13(10)15-11(16)8-4-1-2-5-9(8)12(15)17/h1-2,4-5,10,13H,3,6-7H2. The van der Waals surface area contributed by atoms with E-state index in [1.807, 2.05) is 0 Å². The summed E-state index contributed by atoms with van der Waals surface area (Å²) in [4.78, 5) is 25.6. The molecule has 0 spiro atoms. The van der Waals surface area contributed by atoms with Gasteiger partial charge in [-0.1, -0.05) is 12.1 Å². The van der Waals surface area contributed by atoms with Gasteiger partial charge in [0.1, 0.15) is 0 Å². The number of amides is 2. The molecule has 2 aliphatic rings. The van der Waals surface area contributed by atoms with E-state index in [9.17, 15) is 9.59 Å². The topological polar surface area (TPSA) is 46.6 Å². The number of nitrogens with zero attached hydrogens (tertiary/aromatic N) is 1. The lowest BCUT2D eigenvalue weighted by atomic mass is 10.1. The average molecular weight is 266 g/mol. The summed E-state index contributed by atoms with van der Waals surface area (Å²) in [6.45, 7) is 0.529. The first-order valence-corrected chi connectivity index (χ1v) is 6.36. The number of carbonyl (C=O) groups is 2. The first-order valence-electron chi connectivity index (χ1n) is 5.93. The fourth-order valence-electron chi connectivity index (χ4n) is 2.40. The van der Waals surface area contributed by atoms with E-state index in [1.165, 1.54) is 0 Å². The van der Waals surface area contributed by atoms with Crippen LogP contribution in [0.1, 0.15) is 33.6 Å². The Balaban J connectivity index is 1.96. The number of hydrogen-bond donors (Lipinski definition) is 0. The molecular weight excluding hydrogens is 254 g/mol. The minimum absolute atomic E-state index is 0.312. The molecule has 2 aliphatic heterocycles. The van der Waals surface area contributed by atoms with Gasteiger partial charge in [-0.05, 0) is 25.0 Å². The molecule has 1 aromatic carbocycles. The van der Waals surface area contributed by atoms with E-state index in [1.54, 1.807) is 24.3 Å². The maximum Gasteiger partial charge on any atom is 0.263 e. The highest BCUT2D eigenvalue weighted by Gasteiger charge is 2.43. The van der Waals surface area contributed by atoms with Gasteiger partial charge in [-0.2, -0.15) is 0 Å². The number of hydrogen-bond acceptors (Lipinski definition) is 3. The van der Waals surface area contributed by atoms with Crippen LogP contribution >= 0.6 is 11.6 Å². The molecule has 1 fully saturated rings. The quantitative estimate of drug-likeness (QED) is 0.577. The normalized spacial score (nSPS) is 27.5. The number of alkyl halides is 1. The zero-order valence-electron chi connectivity index (χ0n) is 9.64. The zero-order chi connectivity index (χ0) is 12.7. The molecule has 0 radical (unpaired) electrons. The van der Waals surface area contributed by atoms with Gasteiger partial charge in [-0.15, -0.1) is 11.6 Å². The second kappa shape index (κ2) is 4.37. The summed E-state index contributed by atoms with van der Waals surface area (Å²) < 4.78 is 5.50. The Kier molecular flexibility index (Phi) is 2.84. The Morgan fingerprint density at radius 2 is 1.78 bits per heavy atom. The van der Waals surface area contributed by atoms with Gasteiger partial charge in [-0.3, -0.25) is 9.59 Å². The van der Waals surface area contributed by atoms with Crippen LogP contribution in [0.15, 0.2) is 24.3 Å². The Hall–Kier alpha value is -1.39. The lowest BCUT2D eigenvalue weighted by molar-refractivity contribution is -0.0540. The molecule has 1 saturated heterocycles. The summed E-state index contributed by atoms with van der Waals surface area (Å²) in [5, 5.41) is -0.332. The summed E-state index contributed by atoms with van der Waals surface area (Å²) in [6, 6.07) is 6.80. The highest BCUT2D eigenvalue weighted by atomic mass is 35.5. The van der Waals surface area contributed by atoms with Crippen molar-refractivity contribution in [2.24, 2.45) is 0 Å². The van der Waals surface area contributed by atoms with E-state index < -0.39 is 6.23 Å². The van der Waals surface area contributed by atoms with Crippen molar-refractivity contribution >= 4 is 23.4 Å². The SMILES string of the molecule is O=C1c2ccccc2C(=O)N1C1OCCCC1Cl. The molecular formula is C13H12ClNO3. The third kappa shape index (κ3) is 1.64. The molecule has 5 heteroatoms. The molecule has 2 amide bonds. The number of imide groups is 1. The number of carbonyl (C=O) groups excluding carboxylic acids is 2. The Labute approximate surface area is 109 Å². The van der Waals surface area contributed by atoms with E-state index >= 15 is 0 Å². The fourth-order valence-corrected chi connectivity index (χ4v) is 2.74. The van der Waals surface area contributed by atoms with E-state index in [0.717, 1.165) is 17.7 Å². The first kappa shape index (κ1) is 11.7. The van der Waals surface area contributed by atoms with Crippen LogP contribution in [0.25, 0.3) is 0 Å². The fraction of sp³-hybridized carbons (Fsp3) is 0.385. The van der Waals surface area contributed by atoms with Crippen molar-refractivity contribution in [1.29, 1.82) is 0 Å². The summed E-state index contributed by atoms with van der Waals surface area (Å²) >= 11 is 6.17. The average Bonchev–Trinajstić information content (AvgIpc) is 2.64. The van der Waals surface area contributed by atoms with Gasteiger partial charge in [0.25, 0.3) is 11.8 Å². The number of fused-ring (bicyclic) bond motifs is 1. The molecule has 18 heavy (non-hydrogen) atoms. The van der Waals surface area contributed by atoms with Crippen molar-refractivity contribution < 1.29 is 14.3 Å². The monoisotopic (exact) mass is 265 g/mol. The molecule has 0 saturated carbocycles. The zero-order valence-corrected chi connectivity index (χ0v) is 10.4. The molecule has 0 bridgehead atoms. The van der Waals surface area contributed by atoms with Crippen LogP contribution in [0.4, 0.5) is 0 Å². The van der Waals surface area contributed by atoms with Crippen LogP contribution in [0.3, 0.4) is 0 Å². The summed E-state index contributed by atoms with van der Waals surface area (Å²) in [6.07, 6.45) is 0.959. The lowest BCUT2D eigenvalue weighted by Crippen LogP contribution is -2.48. The van der Waals surface area contributed by atoms with Crippen molar-refractivity contribution in [2.75, 3.05) is 6.61 Å². The van der Waals surface area contributed by atoms with Crippen molar-refractivity contribution in [3.8, 4) is 0 Å².